The number of carbonyl (C=O) groups is 1. The summed E-state index contributed by atoms with van der Waals surface area (Å²) in [5.41, 5.74) is 4.80. The number of rotatable bonds is 2. The molecule has 1 amide bonds. The van der Waals surface area contributed by atoms with Gasteiger partial charge in [0.15, 0.2) is 0 Å². The van der Waals surface area contributed by atoms with Crippen molar-refractivity contribution in [2.24, 2.45) is 11.7 Å². The largest absolute Gasteiger partial charge is 0.449 e. The first-order chi connectivity index (χ1) is 5.70. The Morgan fingerprint density at radius 3 is 3.08 bits per heavy atom. The van der Waals surface area contributed by atoms with Crippen molar-refractivity contribution in [1.29, 1.82) is 0 Å². The molecule has 70 valence electrons. The maximum absolute atomic E-state index is 10.3. The van der Waals surface area contributed by atoms with Crippen LogP contribution in [0.5, 0.6) is 0 Å². The van der Waals surface area contributed by atoms with Crippen molar-refractivity contribution in [1.82, 2.24) is 5.32 Å². The van der Waals surface area contributed by atoms with E-state index >= 15 is 0 Å². The molecular formula is C7H14N2O3. The highest BCUT2D eigenvalue weighted by atomic mass is 16.5. The molecule has 0 unspecified atom stereocenters. The molecule has 2 atom stereocenters. The fourth-order valence-corrected chi connectivity index (χ4v) is 1.28. The number of nitrogens with two attached hydrogens (primary N) is 1. The molecule has 1 heterocycles. The first-order valence-corrected chi connectivity index (χ1v) is 4.01. The van der Waals surface area contributed by atoms with Gasteiger partial charge in [0.2, 0.25) is 0 Å². The number of amides is 1. The Hall–Kier alpha value is -0.810. The molecule has 5 nitrogen and oxygen atoms in total. The Morgan fingerprint density at radius 1 is 1.75 bits per heavy atom. The summed E-state index contributed by atoms with van der Waals surface area (Å²) in [4.78, 5) is 10.3. The maximum Gasteiger partial charge on any atom is 0.404 e. The average molecular weight is 174 g/mol. The zero-order chi connectivity index (χ0) is 8.97. The summed E-state index contributed by atoms with van der Waals surface area (Å²) in [7, 11) is 0. The fourth-order valence-electron chi connectivity index (χ4n) is 1.28. The monoisotopic (exact) mass is 174 g/mol. The lowest BCUT2D eigenvalue weighted by Crippen LogP contribution is -2.42. The lowest BCUT2D eigenvalue weighted by molar-refractivity contribution is 0.0377. The Morgan fingerprint density at radius 2 is 2.50 bits per heavy atom. The third-order valence-electron chi connectivity index (χ3n) is 2.03. The predicted molar refractivity (Wildman–Crippen MR) is 42.5 cm³/mol. The Bertz CT molecular complexity index is 163. The molecule has 0 aromatic carbocycles. The molecule has 4 N–H and O–H groups in total. The van der Waals surface area contributed by atoms with Crippen LogP contribution in [0.1, 0.15) is 6.42 Å². The van der Waals surface area contributed by atoms with Gasteiger partial charge in [0.1, 0.15) is 0 Å². The molecule has 5 heteroatoms. The molecule has 12 heavy (non-hydrogen) atoms. The van der Waals surface area contributed by atoms with Crippen molar-refractivity contribution < 1.29 is 14.6 Å². The van der Waals surface area contributed by atoms with Crippen LogP contribution in [0.25, 0.3) is 0 Å². The zero-order valence-corrected chi connectivity index (χ0v) is 6.82. The number of hydrogen-bond acceptors (Lipinski definition) is 4. The number of hydrogen-bond donors (Lipinski definition) is 3. The minimum absolute atomic E-state index is 0.0266. The van der Waals surface area contributed by atoms with Crippen LogP contribution in [0, 0.1) is 5.92 Å². The van der Waals surface area contributed by atoms with Crippen molar-refractivity contribution in [2.75, 3.05) is 19.7 Å². The maximum atomic E-state index is 10.3. The van der Waals surface area contributed by atoms with Crippen LogP contribution in [-0.2, 0) is 4.74 Å². The van der Waals surface area contributed by atoms with E-state index in [1.807, 2.05) is 0 Å². The third-order valence-corrected chi connectivity index (χ3v) is 2.03. The Labute approximate surface area is 70.9 Å². The summed E-state index contributed by atoms with van der Waals surface area (Å²) in [5, 5.41) is 12.4. The first kappa shape index (κ1) is 9.28. The number of aliphatic hydroxyl groups is 1. The molecule has 0 spiro atoms. The summed E-state index contributed by atoms with van der Waals surface area (Å²) in [5.74, 6) is 0.0266. The van der Waals surface area contributed by atoms with E-state index in [-0.39, 0.29) is 12.5 Å². The summed E-state index contributed by atoms with van der Waals surface area (Å²) in [6.45, 7) is 1.63. The normalized spacial score (nSPS) is 29.8. The molecule has 1 aliphatic rings. The van der Waals surface area contributed by atoms with Gasteiger partial charge < -0.3 is 20.9 Å². The van der Waals surface area contributed by atoms with Gasteiger partial charge in [0.25, 0.3) is 0 Å². The summed E-state index contributed by atoms with van der Waals surface area (Å²) >= 11 is 0. The SMILES string of the molecule is NC(=O)OC[C@H]1CCNC[C@@H]1O. The molecule has 1 saturated heterocycles. The van der Waals surface area contributed by atoms with Crippen LogP contribution in [0.2, 0.25) is 0 Å². The van der Waals surface area contributed by atoms with Crippen LogP contribution in [0.3, 0.4) is 0 Å². The minimum Gasteiger partial charge on any atom is -0.449 e. The fraction of sp³-hybridized carbons (Fsp3) is 0.857. The third kappa shape index (κ3) is 2.67. The van der Waals surface area contributed by atoms with Crippen LogP contribution >= 0.6 is 0 Å². The summed E-state index contributed by atoms with van der Waals surface area (Å²) in [6.07, 6.45) is -0.395. The second-order valence-electron chi connectivity index (χ2n) is 2.95. The summed E-state index contributed by atoms with van der Waals surface area (Å²) in [6, 6.07) is 0. The number of carbonyl (C=O) groups excluding carboxylic acids is 1. The van der Waals surface area contributed by atoms with Gasteiger partial charge in [-0.25, -0.2) is 4.79 Å². The van der Waals surface area contributed by atoms with Gasteiger partial charge in [0.05, 0.1) is 12.7 Å². The quantitative estimate of drug-likeness (QED) is 0.504. The van der Waals surface area contributed by atoms with Crippen LogP contribution in [0.15, 0.2) is 0 Å². The number of primary amides is 1. The molecule has 0 radical (unpaired) electrons. The number of β-amino-alcohol motifs (C(OH)–C–C–N with tert-alkyl or cyclic N) is 1. The lowest BCUT2D eigenvalue weighted by atomic mass is 9.96. The predicted octanol–water partition coefficient (Wildman–Crippen LogP) is -0.948. The zero-order valence-electron chi connectivity index (χ0n) is 6.82. The van der Waals surface area contributed by atoms with E-state index in [1.54, 1.807) is 0 Å². The first-order valence-electron chi connectivity index (χ1n) is 4.01. The highest BCUT2D eigenvalue weighted by molar-refractivity contribution is 5.64. The highest BCUT2D eigenvalue weighted by Gasteiger charge is 2.23. The van der Waals surface area contributed by atoms with Gasteiger partial charge in [-0.2, -0.15) is 0 Å². The molecule has 0 aromatic rings. The lowest BCUT2D eigenvalue weighted by Gasteiger charge is -2.27. The number of ether oxygens (including phenoxy) is 1. The van der Waals surface area contributed by atoms with Crippen LogP contribution in [0.4, 0.5) is 4.79 Å². The Balaban J connectivity index is 2.24. The summed E-state index contributed by atoms with van der Waals surface area (Å²) < 4.78 is 4.60. The van der Waals surface area contributed by atoms with E-state index in [1.165, 1.54) is 0 Å². The molecule has 0 saturated carbocycles. The molecular weight excluding hydrogens is 160 g/mol. The van der Waals surface area contributed by atoms with E-state index in [4.69, 9.17) is 5.73 Å². The highest BCUT2D eigenvalue weighted by Crippen LogP contribution is 2.12. The van der Waals surface area contributed by atoms with Gasteiger partial charge in [-0.15, -0.1) is 0 Å². The van der Waals surface area contributed by atoms with Gasteiger partial charge in [-0.1, -0.05) is 0 Å². The van der Waals surface area contributed by atoms with E-state index in [0.717, 1.165) is 13.0 Å². The molecule has 1 fully saturated rings. The molecule has 0 bridgehead atoms. The van der Waals surface area contributed by atoms with Crippen molar-refractivity contribution in [3.8, 4) is 0 Å². The van der Waals surface area contributed by atoms with Crippen molar-refractivity contribution in [3.63, 3.8) is 0 Å². The molecule has 1 rings (SSSR count). The van der Waals surface area contributed by atoms with Gasteiger partial charge in [-0.3, -0.25) is 0 Å². The molecule has 0 aromatic heterocycles. The number of piperidine rings is 1. The molecule has 1 aliphatic heterocycles. The Kier molecular flexibility index (Phi) is 3.31. The van der Waals surface area contributed by atoms with Crippen LogP contribution < -0.4 is 11.1 Å². The minimum atomic E-state index is -0.777. The van der Waals surface area contributed by atoms with E-state index in [0.29, 0.717) is 6.54 Å². The van der Waals surface area contributed by atoms with Crippen LogP contribution in [-0.4, -0.2) is 37.0 Å². The van der Waals surface area contributed by atoms with Gasteiger partial charge in [0, 0.05) is 12.5 Å². The van der Waals surface area contributed by atoms with E-state index in [2.05, 4.69) is 10.1 Å². The standard InChI is InChI=1S/C7H14N2O3/c8-7(11)12-4-5-1-2-9-3-6(5)10/h5-6,9-10H,1-4H2,(H2,8,11)/t5-,6+/m1/s1. The smallest absolute Gasteiger partial charge is 0.404 e. The van der Waals surface area contributed by atoms with Crippen molar-refractivity contribution >= 4 is 6.09 Å². The second-order valence-corrected chi connectivity index (χ2v) is 2.95. The second kappa shape index (κ2) is 4.27. The topological polar surface area (TPSA) is 84.6 Å². The van der Waals surface area contributed by atoms with Gasteiger partial charge >= 0.3 is 6.09 Å². The molecule has 0 aliphatic carbocycles. The van der Waals surface area contributed by atoms with Crippen molar-refractivity contribution in [3.05, 3.63) is 0 Å². The number of nitrogens with one attached hydrogen (secondary N) is 1. The van der Waals surface area contributed by atoms with E-state index in [9.17, 15) is 9.90 Å². The van der Waals surface area contributed by atoms with Gasteiger partial charge in [-0.05, 0) is 13.0 Å². The van der Waals surface area contributed by atoms with E-state index < -0.39 is 12.2 Å². The number of aliphatic hydroxyl groups excluding tert-OH is 1. The van der Waals surface area contributed by atoms with Crippen molar-refractivity contribution in [2.45, 2.75) is 12.5 Å². The average Bonchev–Trinajstić information content (AvgIpc) is 2.03.